The summed E-state index contributed by atoms with van der Waals surface area (Å²) in [6, 6.07) is 7.53. The Kier molecular flexibility index (Phi) is 4.91. The smallest absolute Gasteiger partial charge is 0.137 e. The first-order chi connectivity index (χ1) is 12.8. The molecule has 1 aliphatic carbocycles. The molecule has 1 aliphatic rings. The van der Waals surface area contributed by atoms with Crippen molar-refractivity contribution >= 4 is 16.9 Å². The molecule has 26 heavy (non-hydrogen) atoms. The lowest BCUT2D eigenvalue weighted by molar-refractivity contribution is 0.373. The fourth-order valence-corrected chi connectivity index (χ4v) is 3.84. The highest BCUT2D eigenvalue weighted by Crippen LogP contribution is 2.31. The summed E-state index contributed by atoms with van der Waals surface area (Å²) in [4.78, 5) is 12.0. The van der Waals surface area contributed by atoms with Crippen molar-refractivity contribution in [2.45, 2.75) is 38.1 Å². The first-order valence-corrected chi connectivity index (χ1v) is 9.33. The van der Waals surface area contributed by atoms with E-state index in [-0.39, 0.29) is 6.04 Å². The van der Waals surface area contributed by atoms with Crippen LogP contribution in [-0.4, -0.2) is 21.5 Å². The van der Waals surface area contributed by atoms with Crippen LogP contribution in [0.1, 0.15) is 49.3 Å². The van der Waals surface area contributed by atoms with Crippen LogP contribution in [0.4, 0.5) is 5.82 Å². The fraction of sp³-hybridized carbons (Fsp3) is 0.400. The summed E-state index contributed by atoms with van der Waals surface area (Å²) >= 11 is 0. The van der Waals surface area contributed by atoms with Gasteiger partial charge in [0.2, 0.25) is 0 Å². The van der Waals surface area contributed by atoms with Crippen molar-refractivity contribution in [3.8, 4) is 0 Å². The molecule has 0 saturated heterocycles. The molecule has 4 rings (SSSR count). The number of H-pyrrole nitrogens is 1. The molecule has 6 heteroatoms. The third-order valence-corrected chi connectivity index (χ3v) is 5.31. The zero-order valence-electron chi connectivity index (χ0n) is 14.8. The van der Waals surface area contributed by atoms with Gasteiger partial charge in [-0.05, 0) is 37.0 Å². The number of rotatable bonds is 6. The second-order valence-corrected chi connectivity index (χ2v) is 7.04. The van der Waals surface area contributed by atoms with Crippen LogP contribution in [0, 0.1) is 11.4 Å². The summed E-state index contributed by atoms with van der Waals surface area (Å²) in [5.41, 5.74) is 10.3. The number of hydrogen-bond donors (Lipinski definition) is 3. The molecule has 6 nitrogen and oxygen atoms in total. The van der Waals surface area contributed by atoms with Crippen LogP contribution in [0.25, 0.3) is 11.0 Å². The van der Waals surface area contributed by atoms with Crippen LogP contribution < -0.4 is 5.32 Å². The summed E-state index contributed by atoms with van der Waals surface area (Å²) < 4.78 is 0. The van der Waals surface area contributed by atoms with E-state index >= 15 is 0 Å². The maximum atomic E-state index is 7.66. The molecule has 134 valence electrons. The van der Waals surface area contributed by atoms with Gasteiger partial charge in [-0.15, -0.1) is 0 Å². The minimum Gasteiger partial charge on any atom is -0.370 e. The highest BCUT2D eigenvalue weighted by molar-refractivity contribution is 5.80. The van der Waals surface area contributed by atoms with E-state index in [9.17, 15) is 0 Å². The van der Waals surface area contributed by atoms with Gasteiger partial charge in [-0.3, -0.25) is 0 Å². The predicted molar refractivity (Wildman–Crippen MR) is 102 cm³/mol. The van der Waals surface area contributed by atoms with E-state index in [2.05, 4.69) is 25.4 Å². The van der Waals surface area contributed by atoms with E-state index in [0.717, 1.165) is 40.4 Å². The van der Waals surface area contributed by atoms with E-state index in [1.807, 2.05) is 36.7 Å². The molecule has 0 radical (unpaired) electrons. The van der Waals surface area contributed by atoms with Crippen molar-refractivity contribution in [1.82, 2.24) is 15.0 Å². The quantitative estimate of drug-likeness (QED) is 0.543. The monoisotopic (exact) mass is 348 g/mol. The molecule has 0 bridgehead atoms. The molecule has 1 atom stereocenters. The Hall–Kier alpha value is -2.76. The van der Waals surface area contributed by atoms with Crippen LogP contribution >= 0.6 is 0 Å². The van der Waals surface area contributed by atoms with Crippen molar-refractivity contribution in [2.24, 2.45) is 11.0 Å². The molecule has 1 saturated carbocycles. The van der Waals surface area contributed by atoms with Crippen LogP contribution in [0.2, 0.25) is 0 Å². The average Bonchev–Trinajstić information content (AvgIpc) is 3.13. The maximum Gasteiger partial charge on any atom is 0.137 e. The minimum atomic E-state index is -0.368. The Morgan fingerprint density at radius 2 is 2.08 bits per heavy atom. The number of aromatic nitrogens is 3. The highest BCUT2D eigenvalue weighted by Gasteiger charge is 2.18. The SMILES string of the molecule is N=NC(c1ccc(NCC2CCCCC2)nc1)c1c[nH]c2ncccc12. The Balaban J connectivity index is 1.48. The summed E-state index contributed by atoms with van der Waals surface area (Å²) in [7, 11) is 0. The lowest BCUT2D eigenvalue weighted by atomic mass is 9.89. The minimum absolute atomic E-state index is 0.368. The van der Waals surface area contributed by atoms with E-state index in [1.54, 1.807) is 6.20 Å². The van der Waals surface area contributed by atoms with Crippen LogP contribution in [0.5, 0.6) is 0 Å². The Morgan fingerprint density at radius 3 is 2.85 bits per heavy atom. The first kappa shape index (κ1) is 16.7. The van der Waals surface area contributed by atoms with Crippen LogP contribution in [-0.2, 0) is 0 Å². The molecule has 0 amide bonds. The van der Waals surface area contributed by atoms with Crippen molar-refractivity contribution in [2.75, 3.05) is 11.9 Å². The van der Waals surface area contributed by atoms with Gasteiger partial charge in [0.25, 0.3) is 0 Å². The number of pyridine rings is 2. The molecular weight excluding hydrogens is 324 g/mol. The second-order valence-electron chi connectivity index (χ2n) is 7.04. The number of anilines is 1. The molecule has 3 aromatic rings. The standard InChI is InChI=1S/C20H24N6/c21-26-19(17-13-25-20-16(17)7-4-10-22-20)15-8-9-18(24-12-15)23-11-14-5-2-1-3-6-14/h4,7-10,12-14,19,21H,1-3,5-6,11H2,(H,22,25)(H,23,24). The summed E-state index contributed by atoms with van der Waals surface area (Å²) in [6.07, 6.45) is 12.2. The van der Waals surface area contributed by atoms with Gasteiger partial charge in [-0.1, -0.05) is 25.3 Å². The molecule has 0 spiro atoms. The number of nitrogens with zero attached hydrogens (tertiary/aromatic N) is 3. The Labute approximate surface area is 153 Å². The van der Waals surface area contributed by atoms with E-state index in [1.165, 1.54) is 32.1 Å². The molecule has 1 unspecified atom stereocenters. The van der Waals surface area contributed by atoms with Gasteiger partial charge in [-0.25, -0.2) is 15.5 Å². The topological polar surface area (TPSA) is 89.8 Å². The molecular formula is C20H24N6. The second kappa shape index (κ2) is 7.64. The van der Waals surface area contributed by atoms with Gasteiger partial charge in [0.15, 0.2) is 0 Å². The van der Waals surface area contributed by atoms with Crippen molar-refractivity contribution < 1.29 is 0 Å². The molecule has 0 aromatic carbocycles. The maximum absolute atomic E-state index is 7.66. The average molecular weight is 348 g/mol. The summed E-state index contributed by atoms with van der Waals surface area (Å²) in [6.45, 7) is 0.993. The van der Waals surface area contributed by atoms with Gasteiger partial charge >= 0.3 is 0 Å². The zero-order chi connectivity index (χ0) is 17.8. The largest absolute Gasteiger partial charge is 0.370 e. The summed E-state index contributed by atoms with van der Waals surface area (Å²) in [5, 5.41) is 8.29. The van der Waals surface area contributed by atoms with Crippen molar-refractivity contribution in [3.63, 3.8) is 0 Å². The number of hydrogen-bond acceptors (Lipinski definition) is 5. The van der Waals surface area contributed by atoms with Crippen LogP contribution in [0.15, 0.2) is 48.0 Å². The molecule has 3 aromatic heterocycles. The van der Waals surface area contributed by atoms with E-state index in [0.29, 0.717) is 0 Å². The van der Waals surface area contributed by atoms with E-state index < -0.39 is 0 Å². The van der Waals surface area contributed by atoms with Crippen molar-refractivity contribution in [3.05, 3.63) is 54.0 Å². The summed E-state index contributed by atoms with van der Waals surface area (Å²) in [5.74, 6) is 1.66. The Bertz CT molecular complexity index is 863. The molecule has 0 aliphatic heterocycles. The molecule has 3 N–H and O–H groups in total. The molecule has 3 heterocycles. The predicted octanol–water partition coefficient (Wildman–Crippen LogP) is 5.07. The lowest BCUT2D eigenvalue weighted by Crippen LogP contribution is -2.17. The number of aromatic amines is 1. The van der Waals surface area contributed by atoms with Gasteiger partial charge < -0.3 is 10.3 Å². The highest BCUT2D eigenvalue weighted by atomic mass is 15.0. The van der Waals surface area contributed by atoms with Gasteiger partial charge in [0, 0.05) is 41.6 Å². The fourth-order valence-electron chi connectivity index (χ4n) is 3.84. The third-order valence-electron chi connectivity index (χ3n) is 5.31. The number of nitrogens with one attached hydrogen (secondary N) is 3. The van der Waals surface area contributed by atoms with E-state index in [4.69, 9.17) is 5.53 Å². The Morgan fingerprint density at radius 1 is 1.19 bits per heavy atom. The van der Waals surface area contributed by atoms with Gasteiger partial charge in [0.1, 0.15) is 17.5 Å². The zero-order valence-corrected chi connectivity index (χ0v) is 14.8. The number of fused-ring (bicyclic) bond motifs is 1. The van der Waals surface area contributed by atoms with Gasteiger partial charge in [-0.2, -0.15) is 5.11 Å². The molecule has 1 fully saturated rings. The van der Waals surface area contributed by atoms with Gasteiger partial charge in [0.05, 0.1) is 0 Å². The van der Waals surface area contributed by atoms with Crippen molar-refractivity contribution in [1.29, 1.82) is 5.53 Å². The lowest BCUT2D eigenvalue weighted by Gasteiger charge is -2.22. The normalized spacial score (nSPS) is 16.5. The first-order valence-electron chi connectivity index (χ1n) is 9.33. The van der Waals surface area contributed by atoms with Crippen LogP contribution in [0.3, 0.4) is 0 Å². The third kappa shape index (κ3) is 3.45.